The molecule has 0 saturated heterocycles. The van der Waals surface area contributed by atoms with Crippen molar-refractivity contribution >= 4 is 11.3 Å². The molecule has 0 spiro atoms. The van der Waals surface area contributed by atoms with Gasteiger partial charge in [0.05, 0.1) is 17.2 Å². The summed E-state index contributed by atoms with van der Waals surface area (Å²) in [6.45, 7) is 3.83. The van der Waals surface area contributed by atoms with E-state index in [1.807, 2.05) is 14.0 Å². The molecule has 0 aliphatic heterocycles. The molecular weight excluding hydrogens is 206 g/mol. The zero-order chi connectivity index (χ0) is 10.7. The Balaban J connectivity index is 2.04. The molecule has 4 heteroatoms. The van der Waals surface area contributed by atoms with Crippen LogP contribution < -0.4 is 5.32 Å². The molecule has 0 bridgehead atoms. The number of aromatic nitrogens is 2. The van der Waals surface area contributed by atoms with E-state index in [9.17, 15) is 0 Å². The van der Waals surface area contributed by atoms with Crippen LogP contribution in [0.2, 0.25) is 0 Å². The molecule has 0 saturated carbocycles. The molecule has 1 N–H and O–H groups in total. The van der Waals surface area contributed by atoms with E-state index in [-0.39, 0.29) is 0 Å². The van der Waals surface area contributed by atoms with Crippen LogP contribution in [0, 0.1) is 6.92 Å². The number of hydrogen-bond acceptors (Lipinski definition) is 3. The molecule has 0 atom stereocenters. The second-order valence-electron chi connectivity index (χ2n) is 3.58. The molecule has 15 heavy (non-hydrogen) atoms. The van der Waals surface area contributed by atoms with E-state index in [4.69, 9.17) is 0 Å². The summed E-state index contributed by atoms with van der Waals surface area (Å²) in [6, 6.07) is 2.13. The molecule has 2 rings (SSSR count). The lowest BCUT2D eigenvalue weighted by atomic mass is 10.3. The van der Waals surface area contributed by atoms with Gasteiger partial charge < -0.3 is 9.88 Å². The molecule has 0 fully saturated rings. The highest BCUT2D eigenvalue weighted by Gasteiger charge is 2.00. The second kappa shape index (κ2) is 4.59. The van der Waals surface area contributed by atoms with Gasteiger partial charge in [-0.25, -0.2) is 4.98 Å². The topological polar surface area (TPSA) is 29.9 Å². The fourth-order valence-electron chi connectivity index (χ4n) is 1.57. The van der Waals surface area contributed by atoms with Gasteiger partial charge in [0, 0.05) is 24.3 Å². The average Bonchev–Trinajstić information content (AvgIpc) is 2.78. The molecule has 0 unspecified atom stereocenters. The van der Waals surface area contributed by atoms with Gasteiger partial charge in [0.1, 0.15) is 0 Å². The van der Waals surface area contributed by atoms with E-state index >= 15 is 0 Å². The Morgan fingerprint density at radius 1 is 1.53 bits per heavy atom. The van der Waals surface area contributed by atoms with E-state index in [0.717, 1.165) is 23.8 Å². The third-order valence-corrected chi connectivity index (χ3v) is 3.03. The minimum atomic E-state index is 0.869. The van der Waals surface area contributed by atoms with Crippen molar-refractivity contribution in [3.05, 3.63) is 40.1 Å². The monoisotopic (exact) mass is 221 g/mol. The highest BCUT2D eigenvalue weighted by Crippen LogP contribution is 2.10. The van der Waals surface area contributed by atoms with Gasteiger partial charge in [-0.3, -0.25) is 0 Å². The Kier molecular flexibility index (Phi) is 3.18. The number of nitrogens with zero attached hydrogens (tertiary/aromatic N) is 2. The maximum Gasteiger partial charge on any atom is 0.0898 e. The predicted octanol–water partition coefficient (Wildman–Crippen LogP) is 2.02. The number of nitrogens with one attached hydrogen (secondary N) is 1. The first-order valence-corrected chi connectivity index (χ1v) is 5.86. The smallest absolute Gasteiger partial charge is 0.0898 e. The number of aryl methyl sites for hydroxylation is 1. The summed E-state index contributed by atoms with van der Waals surface area (Å²) in [7, 11) is 1.96. The van der Waals surface area contributed by atoms with Gasteiger partial charge in [0.2, 0.25) is 0 Å². The van der Waals surface area contributed by atoms with Crippen molar-refractivity contribution in [2.24, 2.45) is 0 Å². The average molecular weight is 221 g/mol. The first-order valence-electron chi connectivity index (χ1n) is 4.98. The van der Waals surface area contributed by atoms with E-state index in [1.165, 1.54) is 5.56 Å². The minimum absolute atomic E-state index is 0.869. The molecule has 0 amide bonds. The third-order valence-electron chi connectivity index (χ3n) is 2.20. The largest absolute Gasteiger partial charge is 0.348 e. The summed E-state index contributed by atoms with van der Waals surface area (Å²) in [5.41, 5.74) is 2.45. The van der Waals surface area contributed by atoms with Gasteiger partial charge >= 0.3 is 0 Å². The Labute approximate surface area is 93.8 Å². The molecule has 0 aliphatic carbocycles. The number of hydrogen-bond donors (Lipinski definition) is 1. The van der Waals surface area contributed by atoms with Crippen molar-refractivity contribution in [3.63, 3.8) is 0 Å². The molecule has 80 valence electrons. The summed E-state index contributed by atoms with van der Waals surface area (Å²) in [5.74, 6) is 0. The van der Waals surface area contributed by atoms with Crippen LogP contribution in [-0.2, 0) is 13.1 Å². The molecule has 2 heterocycles. The minimum Gasteiger partial charge on any atom is -0.348 e. The van der Waals surface area contributed by atoms with Crippen molar-refractivity contribution < 1.29 is 0 Å². The van der Waals surface area contributed by atoms with Crippen LogP contribution in [0.25, 0.3) is 0 Å². The van der Waals surface area contributed by atoms with Gasteiger partial charge in [0.15, 0.2) is 0 Å². The van der Waals surface area contributed by atoms with E-state index < -0.39 is 0 Å². The summed E-state index contributed by atoms with van der Waals surface area (Å²) in [4.78, 5) is 4.44. The summed E-state index contributed by atoms with van der Waals surface area (Å²) in [6.07, 6.45) is 4.26. The lowest BCUT2D eigenvalue weighted by Gasteiger charge is -1.98. The normalized spacial score (nSPS) is 10.8. The van der Waals surface area contributed by atoms with Crippen LogP contribution in [0.1, 0.15) is 16.3 Å². The zero-order valence-corrected chi connectivity index (χ0v) is 9.84. The standard InChI is InChI=1S/C11H15N3S/c1-9-13-11(8-15-9)7-14-4-3-10(6-14)5-12-2/h3-4,6,8,12H,5,7H2,1-2H3. The van der Waals surface area contributed by atoms with Crippen molar-refractivity contribution in [1.82, 2.24) is 14.9 Å². The van der Waals surface area contributed by atoms with Crippen LogP contribution in [0.4, 0.5) is 0 Å². The molecular formula is C11H15N3S. The number of thiazole rings is 1. The Morgan fingerprint density at radius 3 is 3.07 bits per heavy atom. The second-order valence-corrected chi connectivity index (χ2v) is 4.64. The fraction of sp³-hybridized carbons (Fsp3) is 0.364. The van der Waals surface area contributed by atoms with Gasteiger partial charge in [-0.2, -0.15) is 0 Å². The van der Waals surface area contributed by atoms with Crippen LogP contribution in [0.3, 0.4) is 0 Å². The highest BCUT2D eigenvalue weighted by atomic mass is 32.1. The highest BCUT2D eigenvalue weighted by molar-refractivity contribution is 7.09. The first-order chi connectivity index (χ1) is 7.28. The molecule has 2 aromatic rings. The van der Waals surface area contributed by atoms with E-state index in [0.29, 0.717) is 0 Å². The molecule has 3 nitrogen and oxygen atoms in total. The van der Waals surface area contributed by atoms with Crippen LogP contribution >= 0.6 is 11.3 Å². The van der Waals surface area contributed by atoms with Gasteiger partial charge in [-0.15, -0.1) is 11.3 Å². The van der Waals surface area contributed by atoms with Gasteiger partial charge in [-0.05, 0) is 25.6 Å². The van der Waals surface area contributed by atoms with Crippen molar-refractivity contribution in [2.45, 2.75) is 20.0 Å². The van der Waals surface area contributed by atoms with Crippen LogP contribution in [-0.4, -0.2) is 16.6 Å². The van der Waals surface area contributed by atoms with Gasteiger partial charge in [0.25, 0.3) is 0 Å². The van der Waals surface area contributed by atoms with Crippen LogP contribution in [0.15, 0.2) is 23.8 Å². The van der Waals surface area contributed by atoms with Crippen molar-refractivity contribution in [1.29, 1.82) is 0 Å². The third kappa shape index (κ3) is 2.67. The SMILES string of the molecule is CNCc1ccn(Cc2csc(C)n2)c1. The first kappa shape index (κ1) is 10.4. The summed E-state index contributed by atoms with van der Waals surface area (Å²) >= 11 is 1.70. The Bertz CT molecular complexity index is 430. The lowest BCUT2D eigenvalue weighted by Crippen LogP contribution is -2.04. The Morgan fingerprint density at radius 2 is 2.40 bits per heavy atom. The molecule has 0 aromatic carbocycles. The molecule has 2 aromatic heterocycles. The van der Waals surface area contributed by atoms with Crippen molar-refractivity contribution in [3.8, 4) is 0 Å². The van der Waals surface area contributed by atoms with Crippen molar-refractivity contribution in [2.75, 3.05) is 7.05 Å². The van der Waals surface area contributed by atoms with Crippen LogP contribution in [0.5, 0.6) is 0 Å². The van der Waals surface area contributed by atoms with E-state index in [1.54, 1.807) is 11.3 Å². The fourth-order valence-corrected chi connectivity index (χ4v) is 2.17. The predicted molar refractivity (Wildman–Crippen MR) is 63.1 cm³/mol. The summed E-state index contributed by atoms with van der Waals surface area (Å²) in [5, 5.41) is 6.39. The lowest BCUT2D eigenvalue weighted by molar-refractivity contribution is 0.769. The Hall–Kier alpha value is -1.13. The molecule has 0 aliphatic rings. The van der Waals surface area contributed by atoms with Gasteiger partial charge in [-0.1, -0.05) is 0 Å². The molecule has 0 radical (unpaired) electrons. The van der Waals surface area contributed by atoms with E-state index in [2.05, 4.69) is 38.7 Å². The maximum atomic E-state index is 4.44. The maximum absolute atomic E-state index is 4.44. The zero-order valence-electron chi connectivity index (χ0n) is 9.03. The quantitative estimate of drug-likeness (QED) is 0.856. The number of rotatable bonds is 4. The summed E-state index contributed by atoms with van der Waals surface area (Å²) < 4.78 is 2.17.